The second-order valence-corrected chi connectivity index (χ2v) is 6.17. The van der Waals surface area contributed by atoms with Crippen LogP contribution in [0.3, 0.4) is 0 Å². The monoisotopic (exact) mass is 328 g/mol. The molecule has 0 aromatic carbocycles. The van der Waals surface area contributed by atoms with E-state index >= 15 is 0 Å². The molecule has 122 valence electrons. The standard InChI is InChI=1S/C14H20N2O5S/c1-9(15-13(20)10-5-4-6-22-10)12(19)16-14(2,8-21-3)7-11(17)18/h4-6,9H,7-8H2,1-3H3,(H,15,20)(H,16,19)(H,17,18). The summed E-state index contributed by atoms with van der Waals surface area (Å²) < 4.78 is 4.96. The molecule has 0 aliphatic carbocycles. The normalized spacial score (nSPS) is 14.7. The molecule has 2 unspecified atom stereocenters. The van der Waals surface area contributed by atoms with Crippen LogP contribution in [0.4, 0.5) is 0 Å². The van der Waals surface area contributed by atoms with E-state index in [4.69, 9.17) is 9.84 Å². The number of carboxylic acid groups (broad SMARTS) is 1. The van der Waals surface area contributed by atoms with Crippen LogP contribution in [0.25, 0.3) is 0 Å². The lowest BCUT2D eigenvalue weighted by atomic mass is 9.98. The average Bonchev–Trinajstić information content (AvgIpc) is 2.91. The molecular formula is C14H20N2O5S. The SMILES string of the molecule is COCC(C)(CC(=O)O)NC(=O)C(C)NC(=O)c1cccs1. The van der Waals surface area contributed by atoms with Crippen molar-refractivity contribution in [3.05, 3.63) is 22.4 Å². The first kappa shape index (κ1) is 18.1. The van der Waals surface area contributed by atoms with Crippen LogP contribution in [0.1, 0.15) is 29.9 Å². The van der Waals surface area contributed by atoms with Gasteiger partial charge in [-0.25, -0.2) is 0 Å². The Balaban J connectivity index is 2.64. The molecule has 1 heterocycles. The van der Waals surface area contributed by atoms with E-state index in [9.17, 15) is 14.4 Å². The fourth-order valence-electron chi connectivity index (χ4n) is 1.93. The van der Waals surface area contributed by atoms with E-state index in [0.29, 0.717) is 4.88 Å². The summed E-state index contributed by atoms with van der Waals surface area (Å²) in [6, 6.07) is 2.61. The number of carboxylic acids is 1. The molecule has 0 bridgehead atoms. The van der Waals surface area contributed by atoms with Crippen molar-refractivity contribution in [2.45, 2.75) is 31.8 Å². The zero-order valence-corrected chi connectivity index (χ0v) is 13.5. The largest absolute Gasteiger partial charge is 0.481 e. The zero-order valence-electron chi connectivity index (χ0n) is 12.7. The molecule has 7 nitrogen and oxygen atoms in total. The Hall–Kier alpha value is -1.93. The molecule has 0 aliphatic rings. The van der Waals surface area contributed by atoms with Gasteiger partial charge in [0.15, 0.2) is 0 Å². The van der Waals surface area contributed by atoms with Gasteiger partial charge in [0.05, 0.1) is 23.4 Å². The molecule has 0 aliphatic heterocycles. The summed E-state index contributed by atoms with van der Waals surface area (Å²) in [5.74, 6) is -1.86. The summed E-state index contributed by atoms with van der Waals surface area (Å²) in [5.41, 5.74) is -1.04. The van der Waals surface area contributed by atoms with E-state index < -0.39 is 23.5 Å². The predicted octanol–water partition coefficient (Wildman–Crippen LogP) is 0.862. The molecule has 8 heteroatoms. The third-order valence-corrected chi connectivity index (χ3v) is 3.78. The van der Waals surface area contributed by atoms with Gasteiger partial charge in [-0.1, -0.05) is 6.07 Å². The lowest BCUT2D eigenvalue weighted by Gasteiger charge is -2.30. The topological polar surface area (TPSA) is 105 Å². The van der Waals surface area contributed by atoms with Crippen molar-refractivity contribution in [2.75, 3.05) is 13.7 Å². The number of carbonyl (C=O) groups is 3. The van der Waals surface area contributed by atoms with E-state index in [2.05, 4.69) is 10.6 Å². The lowest BCUT2D eigenvalue weighted by Crippen LogP contribution is -2.56. The van der Waals surface area contributed by atoms with Crippen molar-refractivity contribution in [1.82, 2.24) is 10.6 Å². The Labute approximate surface area is 132 Å². The first-order valence-corrected chi connectivity index (χ1v) is 7.52. The van der Waals surface area contributed by atoms with Crippen LogP contribution in [0.15, 0.2) is 17.5 Å². The summed E-state index contributed by atoms with van der Waals surface area (Å²) in [6.45, 7) is 3.17. The van der Waals surface area contributed by atoms with Crippen LogP contribution in [-0.2, 0) is 14.3 Å². The van der Waals surface area contributed by atoms with Gasteiger partial charge < -0.3 is 20.5 Å². The number of thiophene rings is 1. The molecule has 22 heavy (non-hydrogen) atoms. The summed E-state index contributed by atoms with van der Waals surface area (Å²) in [4.78, 5) is 35.4. The number of hydrogen-bond donors (Lipinski definition) is 3. The Morgan fingerprint density at radius 2 is 2.14 bits per heavy atom. The van der Waals surface area contributed by atoms with E-state index in [1.807, 2.05) is 0 Å². The van der Waals surface area contributed by atoms with E-state index in [-0.39, 0.29) is 18.9 Å². The number of hydrogen-bond acceptors (Lipinski definition) is 5. The van der Waals surface area contributed by atoms with Gasteiger partial charge in [-0.2, -0.15) is 0 Å². The van der Waals surface area contributed by atoms with Crippen LogP contribution < -0.4 is 10.6 Å². The maximum absolute atomic E-state index is 12.1. The number of rotatable bonds is 8. The van der Waals surface area contributed by atoms with Crippen molar-refractivity contribution in [1.29, 1.82) is 0 Å². The van der Waals surface area contributed by atoms with Crippen molar-refractivity contribution in [2.24, 2.45) is 0 Å². The number of amides is 2. The second-order valence-electron chi connectivity index (χ2n) is 5.23. The summed E-state index contributed by atoms with van der Waals surface area (Å²) >= 11 is 1.27. The molecule has 0 saturated heterocycles. The highest BCUT2D eigenvalue weighted by molar-refractivity contribution is 7.12. The maximum atomic E-state index is 12.1. The lowest BCUT2D eigenvalue weighted by molar-refractivity contribution is -0.139. The minimum atomic E-state index is -1.05. The first-order valence-electron chi connectivity index (χ1n) is 6.64. The fraction of sp³-hybridized carbons (Fsp3) is 0.500. The fourth-order valence-corrected chi connectivity index (χ4v) is 2.56. The molecule has 1 rings (SSSR count). The van der Waals surface area contributed by atoms with Gasteiger partial charge in [0.2, 0.25) is 5.91 Å². The van der Waals surface area contributed by atoms with Crippen molar-refractivity contribution >= 4 is 29.1 Å². The van der Waals surface area contributed by atoms with Crippen LogP contribution in [0, 0.1) is 0 Å². The second kappa shape index (κ2) is 7.90. The van der Waals surface area contributed by atoms with Gasteiger partial charge in [0.1, 0.15) is 6.04 Å². The van der Waals surface area contributed by atoms with Gasteiger partial charge in [-0.3, -0.25) is 14.4 Å². The van der Waals surface area contributed by atoms with E-state index in [0.717, 1.165) is 0 Å². The third kappa shape index (κ3) is 5.45. The molecule has 0 fully saturated rings. The maximum Gasteiger partial charge on any atom is 0.305 e. The highest BCUT2D eigenvalue weighted by Gasteiger charge is 2.31. The number of methoxy groups -OCH3 is 1. The minimum Gasteiger partial charge on any atom is -0.481 e. The summed E-state index contributed by atoms with van der Waals surface area (Å²) in [6.07, 6.45) is -0.280. The van der Waals surface area contributed by atoms with Gasteiger partial charge in [0, 0.05) is 7.11 Å². The quantitative estimate of drug-likeness (QED) is 0.656. The van der Waals surface area contributed by atoms with E-state index in [1.165, 1.54) is 25.4 Å². The number of nitrogens with one attached hydrogen (secondary N) is 2. The van der Waals surface area contributed by atoms with Crippen molar-refractivity contribution < 1.29 is 24.2 Å². The molecule has 3 N–H and O–H groups in total. The van der Waals surface area contributed by atoms with E-state index in [1.54, 1.807) is 24.4 Å². The molecule has 1 aromatic heterocycles. The molecule has 1 aromatic rings. The molecule has 0 spiro atoms. The Morgan fingerprint density at radius 1 is 1.45 bits per heavy atom. The predicted molar refractivity (Wildman–Crippen MR) is 81.9 cm³/mol. The third-order valence-electron chi connectivity index (χ3n) is 2.92. The number of ether oxygens (including phenoxy) is 1. The Bertz CT molecular complexity index is 531. The van der Waals surface area contributed by atoms with Gasteiger partial charge in [-0.15, -0.1) is 11.3 Å². The highest BCUT2D eigenvalue weighted by Crippen LogP contribution is 2.11. The minimum absolute atomic E-state index is 0.0522. The molecule has 2 atom stereocenters. The number of aliphatic carboxylic acids is 1. The zero-order chi connectivity index (χ0) is 16.8. The van der Waals surface area contributed by atoms with Gasteiger partial charge in [-0.05, 0) is 25.3 Å². The molecule has 0 radical (unpaired) electrons. The molecule has 0 saturated carbocycles. The van der Waals surface area contributed by atoms with Crippen LogP contribution in [0.2, 0.25) is 0 Å². The molecule has 2 amide bonds. The van der Waals surface area contributed by atoms with Gasteiger partial charge in [0.25, 0.3) is 5.91 Å². The Kier molecular flexibility index (Phi) is 6.51. The first-order chi connectivity index (χ1) is 10.3. The van der Waals surface area contributed by atoms with Crippen LogP contribution in [0.5, 0.6) is 0 Å². The van der Waals surface area contributed by atoms with Gasteiger partial charge >= 0.3 is 5.97 Å². The average molecular weight is 328 g/mol. The van der Waals surface area contributed by atoms with Crippen molar-refractivity contribution in [3.8, 4) is 0 Å². The Morgan fingerprint density at radius 3 is 2.64 bits per heavy atom. The number of carbonyl (C=O) groups excluding carboxylic acids is 2. The smallest absolute Gasteiger partial charge is 0.305 e. The highest BCUT2D eigenvalue weighted by atomic mass is 32.1. The molecular weight excluding hydrogens is 308 g/mol. The van der Waals surface area contributed by atoms with Crippen LogP contribution >= 0.6 is 11.3 Å². The summed E-state index contributed by atoms with van der Waals surface area (Å²) in [7, 11) is 1.42. The van der Waals surface area contributed by atoms with Crippen molar-refractivity contribution in [3.63, 3.8) is 0 Å². The summed E-state index contributed by atoms with van der Waals surface area (Å²) in [5, 5.41) is 15.9. The van der Waals surface area contributed by atoms with Crippen LogP contribution in [-0.4, -0.2) is 48.2 Å².